The smallest absolute Gasteiger partial charge is 0.315 e. The Balaban J connectivity index is 0.00000578. The molecule has 0 saturated heterocycles. The lowest BCUT2D eigenvalue weighted by molar-refractivity contribution is 0.239. The fourth-order valence-electron chi connectivity index (χ4n) is 3.10. The number of rotatable bonds is 16. The van der Waals surface area contributed by atoms with Gasteiger partial charge in [0.1, 0.15) is 0 Å². The maximum atomic E-state index is 11.7. The van der Waals surface area contributed by atoms with Gasteiger partial charge in [0, 0.05) is 26.2 Å². The molecule has 196 valence electrons. The van der Waals surface area contributed by atoms with E-state index >= 15 is 0 Å². The van der Waals surface area contributed by atoms with Crippen LogP contribution in [0.15, 0.2) is 60.7 Å². The van der Waals surface area contributed by atoms with Gasteiger partial charge in [-0.25, -0.2) is 9.59 Å². The Kier molecular flexibility index (Phi) is 20.4. The number of nitrogens with one attached hydrogen (secondary N) is 6. The quantitative estimate of drug-likeness (QED) is 0.189. The van der Waals surface area contributed by atoms with E-state index in [2.05, 4.69) is 31.9 Å². The van der Waals surface area contributed by atoms with Gasteiger partial charge in [-0.05, 0) is 56.6 Å². The van der Waals surface area contributed by atoms with E-state index < -0.39 is 0 Å². The van der Waals surface area contributed by atoms with Gasteiger partial charge >= 0.3 is 12.1 Å². The Bertz CT molecular complexity index is 719. The van der Waals surface area contributed by atoms with Gasteiger partial charge in [0.25, 0.3) is 0 Å². The second-order valence-electron chi connectivity index (χ2n) is 7.75. The van der Waals surface area contributed by atoms with Gasteiger partial charge in [0.05, 0.1) is 0 Å². The van der Waals surface area contributed by atoms with E-state index in [-0.39, 0.29) is 36.9 Å². The first-order valence-electron chi connectivity index (χ1n) is 11.8. The first kappa shape index (κ1) is 32.5. The second-order valence-corrected chi connectivity index (χ2v) is 7.75. The van der Waals surface area contributed by atoms with E-state index in [4.69, 9.17) is 0 Å². The minimum atomic E-state index is -0.133. The molecule has 2 rings (SSSR count). The summed E-state index contributed by atoms with van der Waals surface area (Å²) in [5.74, 6) is 0. The summed E-state index contributed by atoms with van der Waals surface area (Å²) >= 11 is 0. The van der Waals surface area contributed by atoms with Crippen molar-refractivity contribution in [3.63, 3.8) is 0 Å². The lowest BCUT2D eigenvalue weighted by atomic mass is 10.2. The molecule has 0 fully saturated rings. The van der Waals surface area contributed by atoms with E-state index in [9.17, 15) is 9.59 Å². The predicted octanol–water partition coefficient (Wildman–Crippen LogP) is 3.18. The maximum absolute atomic E-state index is 11.7. The Morgan fingerprint density at radius 3 is 1.20 bits per heavy atom. The molecule has 0 saturated carbocycles. The predicted molar refractivity (Wildman–Crippen MR) is 147 cm³/mol. The SMILES string of the molecule is Cl.Cl.O=C(NCCCNCCCNCCCNC(=O)NCc1ccccc1)NCc1ccccc1. The van der Waals surface area contributed by atoms with Crippen LogP contribution in [0, 0.1) is 0 Å². The maximum Gasteiger partial charge on any atom is 0.315 e. The number of hydrogen-bond donors (Lipinski definition) is 6. The number of carbonyl (C=O) groups is 2. The van der Waals surface area contributed by atoms with Crippen molar-refractivity contribution in [3.8, 4) is 0 Å². The normalized spacial score (nSPS) is 9.83. The minimum absolute atomic E-state index is 0. The molecule has 0 unspecified atom stereocenters. The summed E-state index contributed by atoms with van der Waals surface area (Å²) < 4.78 is 0. The lowest BCUT2D eigenvalue weighted by Crippen LogP contribution is -2.36. The summed E-state index contributed by atoms with van der Waals surface area (Å²) in [4.78, 5) is 23.5. The van der Waals surface area contributed by atoms with Gasteiger partial charge in [0.15, 0.2) is 0 Å². The number of benzene rings is 2. The highest BCUT2D eigenvalue weighted by molar-refractivity contribution is 5.85. The highest BCUT2D eigenvalue weighted by Crippen LogP contribution is 1.97. The van der Waals surface area contributed by atoms with Crippen molar-refractivity contribution in [2.24, 2.45) is 0 Å². The molecule has 0 aliphatic rings. The van der Waals surface area contributed by atoms with Crippen LogP contribution in [0.3, 0.4) is 0 Å². The van der Waals surface area contributed by atoms with Crippen LogP contribution < -0.4 is 31.9 Å². The minimum Gasteiger partial charge on any atom is -0.338 e. The molecule has 0 aliphatic heterocycles. The highest BCUT2D eigenvalue weighted by Gasteiger charge is 2.00. The molecule has 6 N–H and O–H groups in total. The Labute approximate surface area is 221 Å². The Morgan fingerprint density at radius 1 is 0.486 bits per heavy atom. The van der Waals surface area contributed by atoms with Crippen molar-refractivity contribution in [1.82, 2.24) is 31.9 Å². The molecular formula is C25H40Cl2N6O2. The third-order valence-electron chi connectivity index (χ3n) is 4.93. The zero-order chi connectivity index (χ0) is 23.4. The standard InChI is InChI=1S/C25H38N6O2.2ClH/c32-24(30-20-22-10-3-1-4-11-22)28-18-8-16-26-14-7-15-27-17-9-19-29-25(33)31-21-23-12-5-2-6-13-23;;/h1-6,10-13,26-27H,7-9,14-21H2,(H2,28,30,32)(H2,29,31,33);2*1H. The lowest BCUT2D eigenvalue weighted by Gasteiger charge is -2.09. The molecule has 0 atom stereocenters. The Hall–Kier alpha value is -2.52. The molecule has 0 spiro atoms. The van der Waals surface area contributed by atoms with Crippen LogP contribution in [0.5, 0.6) is 0 Å². The number of amides is 4. The molecule has 2 aromatic carbocycles. The largest absolute Gasteiger partial charge is 0.338 e. The third kappa shape index (κ3) is 17.6. The first-order chi connectivity index (χ1) is 16.2. The van der Waals surface area contributed by atoms with E-state index in [1.165, 1.54) is 0 Å². The molecule has 10 heteroatoms. The second kappa shape index (κ2) is 22.0. The molecule has 0 radical (unpaired) electrons. The molecule has 4 amide bonds. The van der Waals surface area contributed by atoms with Gasteiger partial charge in [-0.2, -0.15) is 0 Å². The van der Waals surface area contributed by atoms with Crippen LogP contribution in [-0.4, -0.2) is 51.3 Å². The number of carbonyl (C=O) groups excluding carboxylic acids is 2. The molecule has 0 aromatic heterocycles. The zero-order valence-corrected chi connectivity index (χ0v) is 21.8. The topological polar surface area (TPSA) is 106 Å². The van der Waals surface area contributed by atoms with Crippen LogP contribution in [0.25, 0.3) is 0 Å². The van der Waals surface area contributed by atoms with Gasteiger partial charge in [-0.1, -0.05) is 60.7 Å². The van der Waals surface area contributed by atoms with Crippen LogP contribution in [-0.2, 0) is 13.1 Å². The van der Waals surface area contributed by atoms with Crippen molar-refractivity contribution in [3.05, 3.63) is 71.8 Å². The number of halogens is 2. The zero-order valence-electron chi connectivity index (χ0n) is 20.2. The molecule has 8 nitrogen and oxygen atoms in total. The van der Waals surface area contributed by atoms with E-state index in [0.717, 1.165) is 56.6 Å². The monoisotopic (exact) mass is 526 g/mol. The average molecular weight is 528 g/mol. The molecule has 2 aromatic rings. The van der Waals surface area contributed by atoms with E-state index in [1.807, 2.05) is 60.7 Å². The molecule has 35 heavy (non-hydrogen) atoms. The summed E-state index contributed by atoms with van der Waals surface area (Å²) in [6, 6.07) is 19.5. The summed E-state index contributed by atoms with van der Waals surface area (Å²) in [7, 11) is 0. The van der Waals surface area contributed by atoms with E-state index in [1.54, 1.807) is 0 Å². The summed E-state index contributed by atoms with van der Waals surface area (Å²) in [6.45, 7) is 6.00. The van der Waals surface area contributed by atoms with Crippen molar-refractivity contribution in [2.75, 3.05) is 39.3 Å². The van der Waals surface area contributed by atoms with Crippen LogP contribution >= 0.6 is 24.8 Å². The van der Waals surface area contributed by atoms with Crippen LogP contribution in [0.4, 0.5) is 9.59 Å². The fourth-order valence-corrected chi connectivity index (χ4v) is 3.10. The van der Waals surface area contributed by atoms with Crippen molar-refractivity contribution in [2.45, 2.75) is 32.4 Å². The van der Waals surface area contributed by atoms with Crippen molar-refractivity contribution < 1.29 is 9.59 Å². The summed E-state index contributed by atoms with van der Waals surface area (Å²) in [5, 5.41) is 18.2. The number of hydrogen-bond acceptors (Lipinski definition) is 4. The molecular weight excluding hydrogens is 487 g/mol. The summed E-state index contributed by atoms with van der Waals surface area (Å²) in [5.41, 5.74) is 2.17. The molecule has 0 bridgehead atoms. The van der Waals surface area contributed by atoms with Crippen molar-refractivity contribution >= 4 is 36.9 Å². The number of urea groups is 2. The Morgan fingerprint density at radius 2 is 0.829 bits per heavy atom. The summed E-state index contributed by atoms with van der Waals surface area (Å²) in [6.07, 6.45) is 2.82. The van der Waals surface area contributed by atoms with Gasteiger partial charge < -0.3 is 31.9 Å². The van der Waals surface area contributed by atoms with Crippen LogP contribution in [0.2, 0.25) is 0 Å². The van der Waals surface area contributed by atoms with Gasteiger partial charge in [-0.3, -0.25) is 0 Å². The average Bonchev–Trinajstić information content (AvgIpc) is 2.85. The van der Waals surface area contributed by atoms with Gasteiger partial charge in [0.2, 0.25) is 0 Å². The molecule has 0 heterocycles. The highest BCUT2D eigenvalue weighted by atomic mass is 35.5. The molecule has 0 aliphatic carbocycles. The fraction of sp³-hybridized carbons (Fsp3) is 0.440. The third-order valence-corrected chi connectivity index (χ3v) is 4.93. The van der Waals surface area contributed by atoms with Gasteiger partial charge in [-0.15, -0.1) is 24.8 Å². The first-order valence-corrected chi connectivity index (χ1v) is 11.8. The van der Waals surface area contributed by atoms with Crippen molar-refractivity contribution in [1.29, 1.82) is 0 Å². The van der Waals surface area contributed by atoms with E-state index in [0.29, 0.717) is 26.2 Å². The van der Waals surface area contributed by atoms with Crippen LogP contribution in [0.1, 0.15) is 30.4 Å².